The molecule has 0 atom stereocenters. The van der Waals surface area contributed by atoms with Crippen molar-refractivity contribution in [1.29, 1.82) is 0 Å². The Hall–Kier alpha value is -2.94. The quantitative estimate of drug-likeness (QED) is 0.629. The standard InChI is InChI=1S/C22H21NO2/c1-3-25-22(24)20-15-19(14-17-10-6-4-7-11-17)16(2)23-21(20)18-12-8-5-9-13-18/h4-13,15H,3,14H2,1-2H3. The average Bonchev–Trinajstić information content (AvgIpc) is 2.65. The predicted molar refractivity (Wildman–Crippen MR) is 99.6 cm³/mol. The second-order valence-electron chi connectivity index (χ2n) is 5.88. The van der Waals surface area contributed by atoms with Gasteiger partial charge in [-0.1, -0.05) is 60.7 Å². The Labute approximate surface area is 148 Å². The highest BCUT2D eigenvalue weighted by atomic mass is 16.5. The third-order valence-corrected chi connectivity index (χ3v) is 4.10. The lowest BCUT2D eigenvalue weighted by molar-refractivity contribution is 0.0526. The number of pyridine rings is 1. The Balaban J connectivity index is 2.07. The number of ether oxygens (including phenoxy) is 1. The van der Waals surface area contributed by atoms with Gasteiger partial charge in [-0.25, -0.2) is 4.79 Å². The maximum atomic E-state index is 12.5. The molecule has 1 heterocycles. The second kappa shape index (κ2) is 7.75. The van der Waals surface area contributed by atoms with Crippen LogP contribution >= 0.6 is 0 Å². The van der Waals surface area contributed by atoms with Crippen molar-refractivity contribution in [2.45, 2.75) is 20.3 Å². The second-order valence-corrected chi connectivity index (χ2v) is 5.88. The van der Waals surface area contributed by atoms with Gasteiger partial charge in [0.25, 0.3) is 0 Å². The zero-order valence-electron chi connectivity index (χ0n) is 14.5. The number of hydrogen-bond donors (Lipinski definition) is 0. The molecule has 0 fully saturated rings. The lowest BCUT2D eigenvalue weighted by Gasteiger charge is -2.13. The van der Waals surface area contributed by atoms with Crippen molar-refractivity contribution in [3.05, 3.63) is 89.1 Å². The number of rotatable bonds is 5. The lowest BCUT2D eigenvalue weighted by Crippen LogP contribution is -2.10. The van der Waals surface area contributed by atoms with Crippen molar-refractivity contribution >= 4 is 5.97 Å². The van der Waals surface area contributed by atoms with Crippen molar-refractivity contribution in [1.82, 2.24) is 4.98 Å². The van der Waals surface area contributed by atoms with Gasteiger partial charge in [0.2, 0.25) is 0 Å². The Morgan fingerprint density at radius 1 is 1.00 bits per heavy atom. The molecule has 0 N–H and O–H groups in total. The average molecular weight is 331 g/mol. The van der Waals surface area contributed by atoms with Crippen LogP contribution in [0.25, 0.3) is 11.3 Å². The minimum absolute atomic E-state index is 0.330. The summed E-state index contributed by atoms with van der Waals surface area (Å²) < 4.78 is 5.26. The molecule has 3 rings (SSSR count). The fraction of sp³-hybridized carbons (Fsp3) is 0.182. The number of aryl methyl sites for hydroxylation is 1. The first kappa shape index (κ1) is 16.9. The maximum absolute atomic E-state index is 12.5. The molecule has 0 spiro atoms. The van der Waals surface area contributed by atoms with Gasteiger partial charge in [-0.3, -0.25) is 4.98 Å². The van der Waals surface area contributed by atoms with E-state index < -0.39 is 0 Å². The van der Waals surface area contributed by atoms with Crippen molar-refractivity contribution in [2.75, 3.05) is 6.61 Å². The van der Waals surface area contributed by atoms with Gasteiger partial charge in [0, 0.05) is 11.3 Å². The van der Waals surface area contributed by atoms with E-state index in [0.29, 0.717) is 17.9 Å². The van der Waals surface area contributed by atoms with E-state index in [0.717, 1.165) is 23.2 Å². The highest BCUT2D eigenvalue weighted by Gasteiger charge is 2.18. The molecular formula is C22H21NO2. The van der Waals surface area contributed by atoms with E-state index in [1.165, 1.54) is 5.56 Å². The Kier molecular flexibility index (Phi) is 5.24. The van der Waals surface area contributed by atoms with E-state index in [1.807, 2.05) is 68.4 Å². The minimum atomic E-state index is -0.330. The van der Waals surface area contributed by atoms with Gasteiger partial charge in [-0.2, -0.15) is 0 Å². The summed E-state index contributed by atoms with van der Waals surface area (Å²) in [4.78, 5) is 17.2. The number of carbonyl (C=O) groups excluding carboxylic acids is 1. The highest BCUT2D eigenvalue weighted by molar-refractivity contribution is 5.96. The lowest BCUT2D eigenvalue weighted by atomic mass is 9.98. The SMILES string of the molecule is CCOC(=O)c1cc(Cc2ccccc2)c(C)nc1-c1ccccc1. The van der Waals surface area contributed by atoms with E-state index in [2.05, 4.69) is 12.1 Å². The van der Waals surface area contributed by atoms with Gasteiger partial charge in [-0.15, -0.1) is 0 Å². The fourth-order valence-corrected chi connectivity index (χ4v) is 2.82. The van der Waals surface area contributed by atoms with Crippen molar-refractivity contribution < 1.29 is 9.53 Å². The summed E-state index contributed by atoms with van der Waals surface area (Å²) in [5, 5.41) is 0. The molecule has 2 aromatic carbocycles. The summed E-state index contributed by atoms with van der Waals surface area (Å²) in [5.74, 6) is -0.330. The number of esters is 1. The van der Waals surface area contributed by atoms with Crippen molar-refractivity contribution in [3.8, 4) is 11.3 Å². The Bertz CT molecular complexity index is 858. The smallest absolute Gasteiger partial charge is 0.340 e. The molecule has 0 aliphatic rings. The van der Waals surface area contributed by atoms with Gasteiger partial charge in [0.1, 0.15) is 0 Å². The van der Waals surface area contributed by atoms with Gasteiger partial charge < -0.3 is 4.74 Å². The van der Waals surface area contributed by atoms with Crippen molar-refractivity contribution in [2.24, 2.45) is 0 Å². The molecule has 126 valence electrons. The summed E-state index contributed by atoms with van der Waals surface area (Å²) >= 11 is 0. The molecule has 1 aromatic heterocycles. The zero-order chi connectivity index (χ0) is 17.6. The maximum Gasteiger partial charge on any atom is 0.340 e. The van der Waals surface area contributed by atoms with Crippen LogP contribution in [0.4, 0.5) is 0 Å². The van der Waals surface area contributed by atoms with Crippen LogP contribution in [0, 0.1) is 6.92 Å². The van der Waals surface area contributed by atoms with E-state index in [9.17, 15) is 4.79 Å². The molecule has 0 amide bonds. The number of nitrogens with zero attached hydrogens (tertiary/aromatic N) is 1. The van der Waals surface area contributed by atoms with Gasteiger partial charge in [0.15, 0.2) is 0 Å². The van der Waals surface area contributed by atoms with Crippen LogP contribution in [0.5, 0.6) is 0 Å². The van der Waals surface area contributed by atoms with Crippen LogP contribution in [0.15, 0.2) is 66.7 Å². The molecule has 0 bridgehead atoms. The summed E-state index contributed by atoms with van der Waals surface area (Å²) in [7, 11) is 0. The summed E-state index contributed by atoms with van der Waals surface area (Å²) in [5.41, 5.74) is 5.26. The number of hydrogen-bond acceptors (Lipinski definition) is 3. The largest absolute Gasteiger partial charge is 0.462 e. The fourth-order valence-electron chi connectivity index (χ4n) is 2.82. The predicted octanol–water partition coefficient (Wildman–Crippen LogP) is 4.82. The van der Waals surface area contributed by atoms with Gasteiger partial charge >= 0.3 is 5.97 Å². The molecule has 0 saturated carbocycles. The molecule has 3 nitrogen and oxygen atoms in total. The first-order valence-corrected chi connectivity index (χ1v) is 8.46. The van der Waals surface area contributed by atoms with E-state index in [-0.39, 0.29) is 5.97 Å². The molecule has 25 heavy (non-hydrogen) atoms. The van der Waals surface area contributed by atoms with Crippen LogP contribution in [0.3, 0.4) is 0 Å². The molecule has 3 aromatic rings. The summed E-state index contributed by atoms with van der Waals surface area (Å²) in [6, 6.07) is 21.9. The third-order valence-electron chi connectivity index (χ3n) is 4.10. The van der Waals surface area contributed by atoms with Crippen LogP contribution in [-0.2, 0) is 11.2 Å². The monoisotopic (exact) mass is 331 g/mol. The Morgan fingerprint density at radius 3 is 2.28 bits per heavy atom. The topological polar surface area (TPSA) is 39.2 Å². The summed E-state index contributed by atoms with van der Waals surface area (Å²) in [6.45, 7) is 4.14. The van der Waals surface area contributed by atoms with Crippen molar-refractivity contribution in [3.63, 3.8) is 0 Å². The normalized spacial score (nSPS) is 10.5. The van der Waals surface area contributed by atoms with E-state index in [4.69, 9.17) is 9.72 Å². The molecule has 0 aliphatic heterocycles. The Morgan fingerprint density at radius 2 is 1.64 bits per heavy atom. The van der Waals surface area contributed by atoms with Gasteiger partial charge in [-0.05, 0) is 37.5 Å². The molecule has 0 saturated heterocycles. The zero-order valence-corrected chi connectivity index (χ0v) is 14.5. The van der Waals surface area contributed by atoms with E-state index >= 15 is 0 Å². The number of aromatic nitrogens is 1. The third kappa shape index (κ3) is 3.94. The molecule has 0 unspecified atom stereocenters. The van der Waals surface area contributed by atoms with Gasteiger partial charge in [0.05, 0.1) is 17.9 Å². The first-order valence-electron chi connectivity index (χ1n) is 8.46. The summed E-state index contributed by atoms with van der Waals surface area (Å²) in [6.07, 6.45) is 0.737. The molecule has 0 aliphatic carbocycles. The molecule has 0 radical (unpaired) electrons. The highest BCUT2D eigenvalue weighted by Crippen LogP contribution is 2.26. The van der Waals surface area contributed by atoms with Crippen LogP contribution in [-0.4, -0.2) is 17.6 Å². The van der Waals surface area contributed by atoms with Crippen LogP contribution in [0.2, 0.25) is 0 Å². The van der Waals surface area contributed by atoms with Crippen LogP contribution < -0.4 is 0 Å². The minimum Gasteiger partial charge on any atom is -0.462 e. The van der Waals surface area contributed by atoms with E-state index in [1.54, 1.807) is 0 Å². The molecule has 3 heteroatoms. The molecular weight excluding hydrogens is 310 g/mol. The first-order chi connectivity index (χ1) is 12.2. The van der Waals surface area contributed by atoms with Crippen LogP contribution in [0.1, 0.15) is 34.1 Å². The number of carbonyl (C=O) groups is 1. The number of benzene rings is 2.